The summed E-state index contributed by atoms with van der Waals surface area (Å²) in [7, 11) is 2.62. The molecular weight excluding hydrogens is 420 g/mol. The molecule has 0 aliphatic rings. The van der Waals surface area contributed by atoms with Crippen molar-refractivity contribution in [2.24, 2.45) is 0 Å². The zero-order valence-corrected chi connectivity index (χ0v) is 17.2. The first-order chi connectivity index (χ1) is 15.3. The number of anilines is 3. The van der Waals surface area contributed by atoms with Gasteiger partial charge in [-0.3, -0.25) is 9.58 Å². The van der Waals surface area contributed by atoms with Crippen LogP contribution in [-0.2, 0) is 11.3 Å². The molecule has 11 heteroatoms. The van der Waals surface area contributed by atoms with Crippen LogP contribution in [0.25, 0.3) is 22.4 Å². The maximum atomic E-state index is 14.7. The molecule has 164 valence electrons. The van der Waals surface area contributed by atoms with Gasteiger partial charge in [-0.2, -0.15) is 5.10 Å². The second-order valence-electron chi connectivity index (χ2n) is 6.93. The second-order valence-corrected chi connectivity index (χ2v) is 6.93. The number of hydrogen-bond acceptors (Lipinski definition) is 7. The SMILES string of the molecule is COC(=O)N(C)c1c(N)nc(-c2nn(Cc3ccccc3F)c3c(F)cccc23)nc1N. The van der Waals surface area contributed by atoms with Crippen LogP contribution in [0.3, 0.4) is 0 Å². The van der Waals surface area contributed by atoms with Gasteiger partial charge in [-0.1, -0.05) is 30.3 Å². The van der Waals surface area contributed by atoms with Gasteiger partial charge in [0, 0.05) is 18.0 Å². The number of nitrogens with zero attached hydrogens (tertiary/aromatic N) is 5. The maximum absolute atomic E-state index is 14.7. The lowest BCUT2D eigenvalue weighted by Crippen LogP contribution is -2.28. The van der Waals surface area contributed by atoms with E-state index < -0.39 is 17.7 Å². The van der Waals surface area contributed by atoms with Crippen molar-refractivity contribution < 1.29 is 18.3 Å². The van der Waals surface area contributed by atoms with Crippen molar-refractivity contribution in [3.05, 3.63) is 59.7 Å². The first-order valence-corrected chi connectivity index (χ1v) is 9.45. The van der Waals surface area contributed by atoms with Crippen molar-refractivity contribution in [2.45, 2.75) is 6.54 Å². The number of nitrogens with two attached hydrogens (primary N) is 2. The Morgan fingerprint density at radius 2 is 1.72 bits per heavy atom. The van der Waals surface area contributed by atoms with Crippen molar-refractivity contribution >= 4 is 34.3 Å². The minimum atomic E-state index is -0.707. The van der Waals surface area contributed by atoms with Crippen LogP contribution in [0, 0.1) is 11.6 Å². The number of fused-ring (bicyclic) bond motifs is 1. The fourth-order valence-corrected chi connectivity index (χ4v) is 3.43. The van der Waals surface area contributed by atoms with Crippen molar-refractivity contribution in [3.8, 4) is 11.5 Å². The smallest absolute Gasteiger partial charge is 0.413 e. The molecule has 4 rings (SSSR count). The third-order valence-corrected chi connectivity index (χ3v) is 4.93. The van der Waals surface area contributed by atoms with Gasteiger partial charge in [0.25, 0.3) is 0 Å². The molecule has 0 saturated carbocycles. The number of ether oxygens (including phenoxy) is 1. The Morgan fingerprint density at radius 3 is 2.38 bits per heavy atom. The summed E-state index contributed by atoms with van der Waals surface area (Å²) >= 11 is 0. The number of halogens is 2. The van der Waals surface area contributed by atoms with Gasteiger partial charge in [0.1, 0.15) is 28.5 Å². The zero-order valence-electron chi connectivity index (χ0n) is 17.2. The molecule has 0 unspecified atom stereocenters. The van der Waals surface area contributed by atoms with Crippen LogP contribution in [0.4, 0.5) is 30.9 Å². The van der Waals surface area contributed by atoms with Crippen LogP contribution < -0.4 is 16.4 Å². The molecule has 2 aromatic carbocycles. The van der Waals surface area contributed by atoms with Gasteiger partial charge in [-0.25, -0.2) is 23.5 Å². The van der Waals surface area contributed by atoms with E-state index in [2.05, 4.69) is 19.8 Å². The number of hydrogen-bond donors (Lipinski definition) is 2. The van der Waals surface area contributed by atoms with E-state index in [1.54, 1.807) is 24.3 Å². The van der Waals surface area contributed by atoms with E-state index in [1.807, 2.05) is 0 Å². The molecule has 0 atom stereocenters. The van der Waals surface area contributed by atoms with Crippen molar-refractivity contribution in [2.75, 3.05) is 30.5 Å². The molecular formula is C21H19F2N7O2. The summed E-state index contributed by atoms with van der Waals surface area (Å²) in [5, 5.41) is 4.83. The molecule has 0 aliphatic heterocycles. The highest BCUT2D eigenvalue weighted by Crippen LogP contribution is 2.33. The molecule has 4 N–H and O–H groups in total. The minimum Gasteiger partial charge on any atom is -0.452 e. The van der Waals surface area contributed by atoms with Gasteiger partial charge >= 0.3 is 6.09 Å². The summed E-state index contributed by atoms with van der Waals surface area (Å²) in [6.45, 7) is -0.0156. The Bertz CT molecular complexity index is 1320. The number of amides is 1. The van der Waals surface area contributed by atoms with Crippen molar-refractivity contribution in [1.82, 2.24) is 19.7 Å². The lowest BCUT2D eigenvalue weighted by molar-refractivity contribution is 0.180. The highest BCUT2D eigenvalue weighted by atomic mass is 19.1. The summed E-state index contributed by atoms with van der Waals surface area (Å²) in [5.41, 5.74) is 12.8. The summed E-state index contributed by atoms with van der Waals surface area (Å²) < 4.78 is 34.9. The van der Waals surface area contributed by atoms with E-state index in [0.29, 0.717) is 10.9 Å². The predicted octanol–water partition coefficient (Wildman–Crippen LogP) is 3.19. The number of rotatable bonds is 4. The lowest BCUT2D eigenvalue weighted by atomic mass is 10.2. The van der Waals surface area contributed by atoms with Crippen LogP contribution in [-0.4, -0.2) is 40.0 Å². The number of carbonyl (C=O) groups is 1. The van der Waals surface area contributed by atoms with Crippen molar-refractivity contribution in [1.29, 1.82) is 0 Å². The number of methoxy groups -OCH3 is 1. The number of carbonyl (C=O) groups excluding carboxylic acids is 1. The first kappa shape index (κ1) is 21.0. The molecule has 2 aromatic heterocycles. The first-order valence-electron chi connectivity index (χ1n) is 9.45. The van der Waals surface area contributed by atoms with Gasteiger partial charge in [-0.15, -0.1) is 0 Å². The second kappa shape index (κ2) is 8.10. The Morgan fingerprint density at radius 1 is 1.06 bits per heavy atom. The normalized spacial score (nSPS) is 11.0. The van der Waals surface area contributed by atoms with E-state index in [-0.39, 0.29) is 40.9 Å². The fraction of sp³-hybridized carbons (Fsp3) is 0.143. The largest absolute Gasteiger partial charge is 0.452 e. The summed E-state index contributed by atoms with van der Waals surface area (Å²) in [4.78, 5) is 21.4. The van der Waals surface area contributed by atoms with E-state index in [1.165, 1.54) is 37.0 Å². The third kappa shape index (κ3) is 3.53. The fourth-order valence-electron chi connectivity index (χ4n) is 3.43. The van der Waals surface area contributed by atoms with Crippen molar-refractivity contribution in [3.63, 3.8) is 0 Å². The molecule has 32 heavy (non-hydrogen) atoms. The third-order valence-electron chi connectivity index (χ3n) is 4.93. The topological polar surface area (TPSA) is 125 Å². The van der Waals surface area contributed by atoms with Gasteiger partial charge in [0.15, 0.2) is 17.5 Å². The molecule has 0 fully saturated rings. The molecule has 0 aliphatic carbocycles. The molecule has 0 saturated heterocycles. The summed E-state index contributed by atoms with van der Waals surface area (Å²) in [6, 6.07) is 10.6. The average Bonchev–Trinajstić information content (AvgIpc) is 3.14. The Hall–Kier alpha value is -4.28. The molecule has 0 radical (unpaired) electrons. The van der Waals surface area contributed by atoms with Gasteiger partial charge in [0.2, 0.25) is 0 Å². The standard InChI is InChI=1S/C21H19F2N7O2/c1-29(21(31)32-2)17-18(24)26-20(27-19(17)25)15-12-7-5-9-14(23)16(12)30(28-15)10-11-6-3-4-8-13(11)22/h3-9H,10H2,1-2H3,(H4,24,25,26,27). The molecule has 0 bridgehead atoms. The monoisotopic (exact) mass is 439 g/mol. The van der Waals surface area contributed by atoms with Crippen LogP contribution in [0.5, 0.6) is 0 Å². The number of aromatic nitrogens is 4. The quantitative estimate of drug-likeness (QED) is 0.500. The predicted molar refractivity (Wildman–Crippen MR) is 116 cm³/mol. The van der Waals surface area contributed by atoms with Crippen LogP contribution in [0.2, 0.25) is 0 Å². The molecule has 1 amide bonds. The molecule has 2 heterocycles. The highest BCUT2D eigenvalue weighted by molar-refractivity contribution is 5.96. The Balaban J connectivity index is 1.86. The van der Waals surface area contributed by atoms with E-state index in [0.717, 1.165) is 4.90 Å². The van der Waals surface area contributed by atoms with Gasteiger partial charge in [-0.05, 0) is 12.1 Å². The Labute approximate surface area is 181 Å². The molecule has 0 spiro atoms. The maximum Gasteiger partial charge on any atom is 0.413 e. The summed E-state index contributed by atoms with van der Waals surface area (Å²) in [5.74, 6) is -1.12. The van der Waals surface area contributed by atoms with Crippen LogP contribution in [0.1, 0.15) is 5.56 Å². The highest BCUT2D eigenvalue weighted by Gasteiger charge is 2.24. The zero-order chi connectivity index (χ0) is 23.0. The molecule has 4 aromatic rings. The number of benzene rings is 2. The molecule has 9 nitrogen and oxygen atoms in total. The van der Waals surface area contributed by atoms with Crippen LogP contribution in [0.15, 0.2) is 42.5 Å². The van der Waals surface area contributed by atoms with E-state index >= 15 is 0 Å². The van der Waals surface area contributed by atoms with E-state index in [9.17, 15) is 13.6 Å². The number of para-hydroxylation sites is 1. The van der Waals surface area contributed by atoms with Crippen LogP contribution >= 0.6 is 0 Å². The van der Waals surface area contributed by atoms with Gasteiger partial charge < -0.3 is 16.2 Å². The average molecular weight is 439 g/mol. The lowest BCUT2D eigenvalue weighted by Gasteiger charge is -2.18. The minimum absolute atomic E-state index is 0.0156. The number of nitrogen functional groups attached to an aromatic ring is 2. The van der Waals surface area contributed by atoms with E-state index in [4.69, 9.17) is 11.5 Å². The Kier molecular flexibility index (Phi) is 5.31. The van der Waals surface area contributed by atoms with Gasteiger partial charge in [0.05, 0.1) is 13.7 Å². The summed E-state index contributed by atoms with van der Waals surface area (Å²) in [6.07, 6.45) is -0.707.